The molecule has 0 bridgehead atoms. The lowest BCUT2D eigenvalue weighted by Crippen LogP contribution is -2.47. The van der Waals surface area contributed by atoms with Crippen molar-refractivity contribution < 1.29 is 19.1 Å². The van der Waals surface area contributed by atoms with Gasteiger partial charge < -0.3 is 14.4 Å². The number of carbonyl (C=O) groups is 2. The highest BCUT2D eigenvalue weighted by molar-refractivity contribution is 5.95. The minimum atomic E-state index is -0.532. The van der Waals surface area contributed by atoms with Crippen molar-refractivity contribution in [1.29, 1.82) is 0 Å². The Labute approximate surface area is 144 Å². The summed E-state index contributed by atoms with van der Waals surface area (Å²) in [4.78, 5) is 27.8. The van der Waals surface area contributed by atoms with E-state index in [1.807, 2.05) is 4.90 Å². The van der Waals surface area contributed by atoms with Crippen LogP contribution < -0.4 is 0 Å². The topological polar surface area (TPSA) is 59.1 Å². The zero-order valence-electron chi connectivity index (χ0n) is 15.0. The van der Waals surface area contributed by atoms with Crippen molar-refractivity contribution in [2.75, 3.05) is 46.9 Å². The van der Waals surface area contributed by atoms with Crippen molar-refractivity contribution >= 4 is 11.9 Å². The molecule has 6 nitrogen and oxygen atoms in total. The monoisotopic (exact) mass is 338 g/mol. The van der Waals surface area contributed by atoms with Crippen LogP contribution in [0.4, 0.5) is 0 Å². The van der Waals surface area contributed by atoms with E-state index >= 15 is 0 Å². The first-order chi connectivity index (χ1) is 11.6. The Hall–Kier alpha value is -1.56. The molecule has 2 fully saturated rings. The van der Waals surface area contributed by atoms with Crippen LogP contribution in [-0.2, 0) is 19.1 Å². The van der Waals surface area contributed by atoms with Crippen LogP contribution >= 0.6 is 0 Å². The largest absolute Gasteiger partial charge is 0.466 e. The van der Waals surface area contributed by atoms with Gasteiger partial charge in [0, 0.05) is 26.2 Å². The molecule has 0 unspecified atom stereocenters. The number of piperazine rings is 1. The predicted octanol–water partition coefficient (Wildman–Crippen LogP) is 1.80. The van der Waals surface area contributed by atoms with Gasteiger partial charge in [-0.15, -0.1) is 0 Å². The standard InChI is InChI=1S/C18H30N2O4/c1-23-17(21)14-16(18(22)24-2)20-12-10-19(11-13-20)9-8-15-6-4-3-5-7-15/h14-15H,3-13H2,1-2H3/b16-14+. The maximum Gasteiger partial charge on any atom is 0.354 e. The zero-order valence-corrected chi connectivity index (χ0v) is 15.0. The number of rotatable bonds is 6. The third-order valence-corrected chi connectivity index (χ3v) is 5.14. The summed E-state index contributed by atoms with van der Waals surface area (Å²) < 4.78 is 9.43. The molecular formula is C18H30N2O4. The van der Waals surface area contributed by atoms with Gasteiger partial charge in [-0.1, -0.05) is 32.1 Å². The third kappa shape index (κ3) is 5.51. The summed E-state index contributed by atoms with van der Waals surface area (Å²) in [5.74, 6) is -0.132. The number of esters is 2. The molecule has 0 amide bonds. The number of methoxy groups -OCH3 is 2. The van der Waals surface area contributed by atoms with Crippen LogP contribution in [0.3, 0.4) is 0 Å². The van der Waals surface area contributed by atoms with E-state index in [1.54, 1.807) is 0 Å². The average molecular weight is 338 g/mol. The first kappa shape index (κ1) is 18.8. The predicted molar refractivity (Wildman–Crippen MR) is 91.3 cm³/mol. The Balaban J connectivity index is 1.82. The van der Waals surface area contributed by atoms with Gasteiger partial charge in [-0.2, -0.15) is 0 Å². The molecule has 136 valence electrons. The van der Waals surface area contributed by atoms with Crippen molar-refractivity contribution in [3.8, 4) is 0 Å². The van der Waals surface area contributed by atoms with Crippen molar-refractivity contribution in [3.05, 3.63) is 11.8 Å². The zero-order chi connectivity index (χ0) is 17.4. The van der Waals surface area contributed by atoms with Crippen LogP contribution in [0.1, 0.15) is 38.5 Å². The molecule has 2 rings (SSSR count). The Morgan fingerprint density at radius 2 is 1.67 bits per heavy atom. The molecular weight excluding hydrogens is 308 g/mol. The van der Waals surface area contributed by atoms with Gasteiger partial charge in [0.05, 0.1) is 20.3 Å². The van der Waals surface area contributed by atoms with Gasteiger partial charge in [0.2, 0.25) is 0 Å². The molecule has 1 aliphatic heterocycles. The Bertz CT molecular complexity index is 450. The van der Waals surface area contributed by atoms with E-state index < -0.39 is 11.9 Å². The van der Waals surface area contributed by atoms with Crippen LogP contribution in [0.5, 0.6) is 0 Å². The van der Waals surface area contributed by atoms with E-state index in [0.717, 1.165) is 38.6 Å². The second kappa shape index (κ2) is 9.67. The number of ether oxygens (including phenoxy) is 2. The van der Waals surface area contributed by atoms with Crippen LogP contribution in [0.15, 0.2) is 11.8 Å². The van der Waals surface area contributed by atoms with Gasteiger partial charge >= 0.3 is 11.9 Å². The van der Waals surface area contributed by atoms with Crippen molar-refractivity contribution in [1.82, 2.24) is 9.80 Å². The summed E-state index contributed by atoms with van der Waals surface area (Å²) in [5, 5.41) is 0. The van der Waals surface area contributed by atoms with E-state index in [0.29, 0.717) is 0 Å². The van der Waals surface area contributed by atoms with Crippen molar-refractivity contribution in [2.45, 2.75) is 38.5 Å². The highest BCUT2D eigenvalue weighted by Crippen LogP contribution is 2.26. The van der Waals surface area contributed by atoms with Crippen molar-refractivity contribution in [3.63, 3.8) is 0 Å². The summed E-state index contributed by atoms with van der Waals surface area (Å²) in [6.45, 7) is 4.39. The Kier molecular flexibility index (Phi) is 7.56. The number of hydrogen-bond acceptors (Lipinski definition) is 6. The smallest absolute Gasteiger partial charge is 0.354 e. The summed E-state index contributed by atoms with van der Waals surface area (Å²) >= 11 is 0. The highest BCUT2D eigenvalue weighted by atomic mass is 16.5. The van der Waals surface area contributed by atoms with Gasteiger partial charge in [0.1, 0.15) is 5.70 Å². The summed E-state index contributed by atoms with van der Waals surface area (Å²) in [7, 11) is 2.63. The highest BCUT2D eigenvalue weighted by Gasteiger charge is 2.25. The molecule has 0 aromatic heterocycles. The first-order valence-corrected chi connectivity index (χ1v) is 8.99. The van der Waals surface area contributed by atoms with Gasteiger partial charge in [-0.3, -0.25) is 4.90 Å². The first-order valence-electron chi connectivity index (χ1n) is 8.99. The quantitative estimate of drug-likeness (QED) is 0.544. The normalized spacial score (nSPS) is 20.8. The van der Waals surface area contributed by atoms with Crippen LogP contribution in [0.2, 0.25) is 0 Å². The van der Waals surface area contributed by atoms with E-state index in [2.05, 4.69) is 9.64 Å². The number of carbonyl (C=O) groups excluding carboxylic acids is 2. The molecule has 1 saturated carbocycles. The lowest BCUT2D eigenvalue weighted by Gasteiger charge is -2.37. The molecule has 1 heterocycles. The van der Waals surface area contributed by atoms with Crippen LogP contribution in [-0.4, -0.2) is 68.7 Å². The Morgan fingerprint density at radius 3 is 2.25 bits per heavy atom. The molecule has 24 heavy (non-hydrogen) atoms. The third-order valence-electron chi connectivity index (χ3n) is 5.14. The van der Waals surface area contributed by atoms with Crippen LogP contribution in [0.25, 0.3) is 0 Å². The summed E-state index contributed by atoms with van der Waals surface area (Å²) in [6.07, 6.45) is 9.45. The molecule has 1 aliphatic carbocycles. The van der Waals surface area contributed by atoms with E-state index in [4.69, 9.17) is 4.74 Å². The van der Waals surface area contributed by atoms with E-state index in [1.165, 1.54) is 58.8 Å². The van der Waals surface area contributed by atoms with Gasteiger partial charge in [-0.05, 0) is 18.9 Å². The van der Waals surface area contributed by atoms with Crippen LogP contribution in [0, 0.1) is 5.92 Å². The molecule has 0 radical (unpaired) electrons. The van der Waals surface area contributed by atoms with E-state index in [-0.39, 0.29) is 5.70 Å². The van der Waals surface area contributed by atoms with Gasteiger partial charge in [0.15, 0.2) is 0 Å². The molecule has 0 spiro atoms. The molecule has 0 aromatic carbocycles. The second-order valence-electron chi connectivity index (χ2n) is 6.67. The SMILES string of the molecule is COC(=O)/C=C(\C(=O)OC)N1CCN(CCC2CCCCC2)CC1. The van der Waals surface area contributed by atoms with Gasteiger partial charge in [-0.25, -0.2) is 9.59 Å². The average Bonchev–Trinajstić information content (AvgIpc) is 2.65. The van der Waals surface area contributed by atoms with Gasteiger partial charge in [0.25, 0.3) is 0 Å². The van der Waals surface area contributed by atoms with Crippen molar-refractivity contribution in [2.24, 2.45) is 5.92 Å². The Morgan fingerprint density at radius 1 is 1.00 bits per heavy atom. The maximum absolute atomic E-state index is 11.9. The molecule has 0 aromatic rings. The molecule has 2 aliphatic rings. The fourth-order valence-corrected chi connectivity index (χ4v) is 3.61. The summed E-state index contributed by atoms with van der Waals surface area (Å²) in [6, 6.07) is 0. The fraction of sp³-hybridized carbons (Fsp3) is 0.778. The fourth-order valence-electron chi connectivity index (χ4n) is 3.61. The number of nitrogens with zero attached hydrogens (tertiary/aromatic N) is 2. The summed E-state index contributed by atoms with van der Waals surface area (Å²) in [5.41, 5.74) is 0.288. The second-order valence-corrected chi connectivity index (χ2v) is 6.67. The molecule has 1 saturated heterocycles. The molecule has 0 atom stereocenters. The number of hydrogen-bond donors (Lipinski definition) is 0. The molecule has 6 heteroatoms. The minimum absolute atomic E-state index is 0.288. The lowest BCUT2D eigenvalue weighted by molar-refractivity contribution is -0.140. The maximum atomic E-state index is 11.9. The lowest BCUT2D eigenvalue weighted by atomic mass is 9.87. The molecule has 0 N–H and O–H groups in total. The minimum Gasteiger partial charge on any atom is -0.466 e. The van der Waals surface area contributed by atoms with E-state index in [9.17, 15) is 9.59 Å².